The molecular formula is C26H33N3O4. The standard InChI is InChI=1S/C26H33N3O4/c1-19-5-4-6-24(21(19)3)27-25(31)17-28-13-15-29(16-14-28)26(32)18-33-23-11-9-22(10-12-23)8-7-20(2)30/h4-6,9-12H,7-8,13-18H2,1-3H3,(H,27,31). The Morgan fingerprint density at radius 1 is 0.970 bits per heavy atom. The SMILES string of the molecule is CC(=O)CCc1ccc(OCC(=O)N2CCN(CC(=O)Nc3cccc(C)c3C)CC2)cc1. The van der Waals surface area contributed by atoms with Gasteiger partial charge in [-0.2, -0.15) is 0 Å². The molecule has 0 unspecified atom stereocenters. The summed E-state index contributed by atoms with van der Waals surface area (Å²) in [5, 5.41) is 2.99. The molecule has 1 saturated heterocycles. The van der Waals surface area contributed by atoms with Crippen LogP contribution < -0.4 is 10.1 Å². The third-order valence-electron chi connectivity index (χ3n) is 6.02. The predicted octanol–water partition coefficient (Wildman–Crippen LogP) is 2.99. The van der Waals surface area contributed by atoms with Gasteiger partial charge in [0.2, 0.25) is 5.91 Å². The number of benzene rings is 2. The molecule has 7 heteroatoms. The number of rotatable bonds is 9. The van der Waals surface area contributed by atoms with Crippen LogP contribution in [0.5, 0.6) is 5.75 Å². The summed E-state index contributed by atoms with van der Waals surface area (Å²) in [4.78, 5) is 39.9. The van der Waals surface area contributed by atoms with E-state index in [1.165, 1.54) is 0 Å². The fourth-order valence-corrected chi connectivity index (χ4v) is 3.74. The molecule has 7 nitrogen and oxygen atoms in total. The Labute approximate surface area is 195 Å². The van der Waals surface area contributed by atoms with Crippen molar-refractivity contribution < 1.29 is 19.1 Å². The van der Waals surface area contributed by atoms with E-state index in [2.05, 4.69) is 10.2 Å². The maximum absolute atomic E-state index is 12.5. The number of anilines is 1. The molecular weight excluding hydrogens is 418 g/mol. The third kappa shape index (κ3) is 7.43. The summed E-state index contributed by atoms with van der Waals surface area (Å²) >= 11 is 0. The van der Waals surface area contributed by atoms with E-state index >= 15 is 0 Å². The highest BCUT2D eigenvalue weighted by molar-refractivity contribution is 5.93. The number of hydrogen-bond acceptors (Lipinski definition) is 5. The van der Waals surface area contributed by atoms with Crippen molar-refractivity contribution in [2.24, 2.45) is 0 Å². The average Bonchev–Trinajstić information content (AvgIpc) is 2.80. The molecule has 0 bridgehead atoms. The van der Waals surface area contributed by atoms with Gasteiger partial charge in [-0.25, -0.2) is 0 Å². The molecule has 1 N–H and O–H groups in total. The first-order valence-electron chi connectivity index (χ1n) is 11.4. The summed E-state index contributed by atoms with van der Waals surface area (Å²) in [5.41, 5.74) is 4.14. The Balaban J connectivity index is 1.38. The van der Waals surface area contributed by atoms with Crippen molar-refractivity contribution in [3.63, 3.8) is 0 Å². The molecule has 0 atom stereocenters. The Morgan fingerprint density at radius 2 is 1.67 bits per heavy atom. The average molecular weight is 452 g/mol. The fraction of sp³-hybridized carbons (Fsp3) is 0.423. The number of carbonyl (C=O) groups excluding carboxylic acids is 3. The highest BCUT2D eigenvalue weighted by Gasteiger charge is 2.23. The third-order valence-corrected chi connectivity index (χ3v) is 6.02. The molecule has 0 spiro atoms. The van der Waals surface area contributed by atoms with Gasteiger partial charge in [-0.3, -0.25) is 14.5 Å². The van der Waals surface area contributed by atoms with Gasteiger partial charge in [0.25, 0.3) is 5.91 Å². The number of amides is 2. The number of piperazine rings is 1. The quantitative estimate of drug-likeness (QED) is 0.634. The zero-order valence-corrected chi connectivity index (χ0v) is 19.7. The largest absolute Gasteiger partial charge is 0.484 e. The van der Waals surface area contributed by atoms with Crippen molar-refractivity contribution in [2.75, 3.05) is 44.6 Å². The van der Waals surface area contributed by atoms with Crippen molar-refractivity contribution >= 4 is 23.3 Å². The molecule has 1 fully saturated rings. The molecule has 1 heterocycles. The summed E-state index contributed by atoms with van der Waals surface area (Å²) in [6.45, 7) is 8.35. The highest BCUT2D eigenvalue weighted by Crippen LogP contribution is 2.18. The smallest absolute Gasteiger partial charge is 0.260 e. The van der Waals surface area contributed by atoms with E-state index in [4.69, 9.17) is 4.74 Å². The number of nitrogens with zero attached hydrogens (tertiary/aromatic N) is 2. The molecule has 0 radical (unpaired) electrons. The summed E-state index contributed by atoms with van der Waals surface area (Å²) in [5.74, 6) is 0.702. The van der Waals surface area contributed by atoms with Crippen molar-refractivity contribution in [3.8, 4) is 5.75 Å². The van der Waals surface area contributed by atoms with E-state index in [1.807, 2.05) is 56.3 Å². The van der Waals surface area contributed by atoms with Crippen LogP contribution in [0.2, 0.25) is 0 Å². The van der Waals surface area contributed by atoms with Crippen LogP contribution in [0.15, 0.2) is 42.5 Å². The molecule has 1 aliphatic rings. The maximum Gasteiger partial charge on any atom is 0.260 e. The van der Waals surface area contributed by atoms with Crippen molar-refractivity contribution in [2.45, 2.75) is 33.6 Å². The van der Waals surface area contributed by atoms with Gasteiger partial charge in [0.1, 0.15) is 11.5 Å². The van der Waals surface area contributed by atoms with Gasteiger partial charge in [-0.1, -0.05) is 24.3 Å². The molecule has 33 heavy (non-hydrogen) atoms. The number of ether oxygens (including phenoxy) is 1. The summed E-state index contributed by atoms with van der Waals surface area (Å²) < 4.78 is 5.64. The molecule has 1 aliphatic heterocycles. The second-order valence-corrected chi connectivity index (χ2v) is 8.59. The minimum absolute atomic E-state index is 0.0140. The molecule has 2 aromatic carbocycles. The van der Waals surface area contributed by atoms with Gasteiger partial charge < -0.3 is 19.7 Å². The van der Waals surface area contributed by atoms with Gasteiger partial charge in [-0.05, 0) is 62.1 Å². The number of ketones is 1. The van der Waals surface area contributed by atoms with E-state index in [1.54, 1.807) is 11.8 Å². The highest BCUT2D eigenvalue weighted by atomic mass is 16.5. The molecule has 2 amide bonds. The summed E-state index contributed by atoms with van der Waals surface area (Å²) in [6, 6.07) is 13.4. The Kier molecular flexibility index (Phi) is 8.60. The van der Waals surface area contributed by atoms with Gasteiger partial charge in [0, 0.05) is 38.3 Å². The van der Waals surface area contributed by atoms with Crippen LogP contribution in [0.25, 0.3) is 0 Å². The first-order valence-corrected chi connectivity index (χ1v) is 11.4. The van der Waals surface area contributed by atoms with Crippen LogP contribution in [0.1, 0.15) is 30.0 Å². The Hall–Kier alpha value is -3.19. The molecule has 3 rings (SSSR count). The zero-order valence-electron chi connectivity index (χ0n) is 19.7. The Morgan fingerprint density at radius 3 is 2.33 bits per heavy atom. The van der Waals surface area contributed by atoms with Gasteiger partial charge in [-0.15, -0.1) is 0 Å². The van der Waals surface area contributed by atoms with Crippen LogP contribution in [0.4, 0.5) is 5.69 Å². The predicted molar refractivity (Wildman–Crippen MR) is 129 cm³/mol. The maximum atomic E-state index is 12.5. The monoisotopic (exact) mass is 451 g/mol. The Bertz CT molecular complexity index is 980. The molecule has 0 saturated carbocycles. The molecule has 176 valence electrons. The molecule has 0 aliphatic carbocycles. The summed E-state index contributed by atoms with van der Waals surface area (Å²) in [7, 11) is 0. The van der Waals surface area contributed by atoms with Crippen LogP contribution >= 0.6 is 0 Å². The lowest BCUT2D eigenvalue weighted by atomic mass is 10.1. The number of carbonyl (C=O) groups is 3. The lowest BCUT2D eigenvalue weighted by Crippen LogP contribution is -2.51. The van der Waals surface area contributed by atoms with Crippen LogP contribution in [0.3, 0.4) is 0 Å². The first kappa shape index (κ1) is 24.5. The second kappa shape index (κ2) is 11.6. The van der Waals surface area contributed by atoms with E-state index in [-0.39, 0.29) is 24.2 Å². The van der Waals surface area contributed by atoms with Crippen molar-refractivity contribution in [1.82, 2.24) is 9.80 Å². The van der Waals surface area contributed by atoms with Gasteiger partial charge >= 0.3 is 0 Å². The van der Waals surface area contributed by atoms with Crippen LogP contribution in [0, 0.1) is 13.8 Å². The van der Waals surface area contributed by atoms with Crippen LogP contribution in [-0.4, -0.2) is 66.7 Å². The normalized spacial score (nSPS) is 14.1. The minimum Gasteiger partial charge on any atom is -0.484 e. The first-order chi connectivity index (χ1) is 15.8. The number of aryl methyl sites for hydroxylation is 2. The van der Waals surface area contributed by atoms with Gasteiger partial charge in [0.05, 0.1) is 6.54 Å². The van der Waals surface area contributed by atoms with E-state index in [0.717, 1.165) is 22.4 Å². The number of nitrogens with one attached hydrogen (secondary N) is 1. The summed E-state index contributed by atoms with van der Waals surface area (Å²) in [6.07, 6.45) is 1.24. The zero-order chi connectivity index (χ0) is 23.8. The lowest BCUT2D eigenvalue weighted by molar-refractivity contribution is -0.135. The minimum atomic E-state index is -0.0601. The van der Waals surface area contributed by atoms with E-state index < -0.39 is 0 Å². The number of Topliss-reactive ketones (excluding diaryl/α,β-unsaturated/α-hetero) is 1. The number of hydrogen-bond donors (Lipinski definition) is 1. The van der Waals surface area contributed by atoms with Crippen molar-refractivity contribution in [1.29, 1.82) is 0 Å². The van der Waals surface area contributed by atoms with Crippen LogP contribution in [-0.2, 0) is 20.8 Å². The second-order valence-electron chi connectivity index (χ2n) is 8.59. The van der Waals surface area contributed by atoms with E-state index in [0.29, 0.717) is 51.3 Å². The van der Waals surface area contributed by atoms with Crippen molar-refractivity contribution in [3.05, 3.63) is 59.2 Å². The lowest BCUT2D eigenvalue weighted by Gasteiger charge is -2.34. The molecule has 2 aromatic rings. The molecule has 0 aromatic heterocycles. The topological polar surface area (TPSA) is 79.0 Å². The van der Waals surface area contributed by atoms with Gasteiger partial charge in [0.15, 0.2) is 6.61 Å². The van der Waals surface area contributed by atoms with E-state index in [9.17, 15) is 14.4 Å². The fourth-order valence-electron chi connectivity index (χ4n) is 3.74.